The van der Waals surface area contributed by atoms with Crippen LogP contribution in [0.5, 0.6) is 0 Å². The van der Waals surface area contributed by atoms with Crippen molar-refractivity contribution in [3.8, 4) is 0 Å². The molecular weight excluding hydrogens is 510 g/mol. The van der Waals surface area contributed by atoms with Gasteiger partial charge in [-0.15, -0.1) is 0 Å². The lowest BCUT2D eigenvalue weighted by Gasteiger charge is -2.17. The number of carbonyl (C=O) groups excluding carboxylic acids is 3. The van der Waals surface area contributed by atoms with Gasteiger partial charge in [0.2, 0.25) is 0 Å². The number of hydrogen-bond acceptors (Lipinski definition) is 5. The van der Waals surface area contributed by atoms with Crippen LogP contribution in [0, 0.1) is 11.6 Å². The predicted octanol–water partition coefficient (Wildman–Crippen LogP) is 5.84. The van der Waals surface area contributed by atoms with E-state index in [1.54, 1.807) is 13.0 Å². The van der Waals surface area contributed by atoms with Gasteiger partial charge in [0.1, 0.15) is 11.6 Å². The van der Waals surface area contributed by atoms with Crippen molar-refractivity contribution in [3.05, 3.63) is 69.2 Å². The molecule has 0 amide bonds. The van der Waals surface area contributed by atoms with E-state index in [4.69, 9.17) is 27.9 Å². The average Bonchev–Trinajstić information content (AvgIpc) is 2.72. The molecule has 0 radical (unpaired) electrons. The summed E-state index contributed by atoms with van der Waals surface area (Å²) in [5.41, 5.74) is -0.428. The van der Waals surface area contributed by atoms with Crippen LogP contribution in [0.4, 0.5) is 22.0 Å². The highest BCUT2D eigenvalue weighted by Gasteiger charge is 2.48. The van der Waals surface area contributed by atoms with Gasteiger partial charge in [-0.3, -0.25) is 14.4 Å². The summed E-state index contributed by atoms with van der Waals surface area (Å²) in [5.74, 6) is -8.35. The normalized spacial score (nSPS) is 11.7. The van der Waals surface area contributed by atoms with E-state index in [9.17, 15) is 36.3 Å². The van der Waals surface area contributed by atoms with E-state index < -0.39 is 47.0 Å². The molecule has 1 atom stereocenters. The maximum absolute atomic E-state index is 13.6. The Kier molecular flexibility index (Phi) is 11.4. The Morgan fingerprint density at radius 2 is 1.41 bits per heavy atom. The molecule has 0 saturated carbocycles. The van der Waals surface area contributed by atoms with Gasteiger partial charge in [0.25, 0.3) is 5.78 Å². The molecule has 0 bridgehead atoms. The Labute approximate surface area is 201 Å². The zero-order chi connectivity index (χ0) is 26.1. The van der Waals surface area contributed by atoms with Crippen molar-refractivity contribution in [2.24, 2.45) is 0 Å². The molecule has 0 fully saturated rings. The van der Waals surface area contributed by atoms with Crippen LogP contribution in [0.25, 0.3) is 0 Å². The van der Waals surface area contributed by atoms with E-state index in [-0.39, 0.29) is 18.1 Å². The molecule has 0 heterocycles. The summed E-state index contributed by atoms with van der Waals surface area (Å²) >= 11 is 11.0. The molecule has 2 aromatic rings. The zero-order valence-electron chi connectivity index (χ0n) is 17.8. The minimum absolute atomic E-state index is 0.0587. The van der Waals surface area contributed by atoms with Crippen LogP contribution in [0.3, 0.4) is 0 Å². The summed E-state index contributed by atoms with van der Waals surface area (Å²) in [5, 5.41) is 0.239. The summed E-state index contributed by atoms with van der Waals surface area (Å²) in [7, 11) is 0. The third kappa shape index (κ3) is 8.90. The molecule has 12 heteroatoms. The Bertz CT molecular complexity index is 1030. The van der Waals surface area contributed by atoms with E-state index in [2.05, 4.69) is 4.74 Å². The number of halogens is 7. The largest absolute Gasteiger partial charge is 0.466 e. The van der Waals surface area contributed by atoms with Crippen molar-refractivity contribution >= 4 is 40.9 Å². The number of Topliss-reactive ketones (excluding diaryl/α,β-unsaturated/α-hetero) is 1. The van der Waals surface area contributed by atoms with Crippen molar-refractivity contribution in [1.82, 2.24) is 0 Å². The molecule has 0 aromatic heterocycles. The summed E-state index contributed by atoms with van der Waals surface area (Å²) in [6, 6.07) is 6.84. The van der Waals surface area contributed by atoms with Crippen molar-refractivity contribution in [3.63, 3.8) is 0 Å². The Balaban J connectivity index is 0.000000362. The van der Waals surface area contributed by atoms with Gasteiger partial charge in [-0.05, 0) is 43.7 Å². The lowest BCUT2D eigenvalue weighted by atomic mass is 9.94. The number of rotatable bonds is 7. The van der Waals surface area contributed by atoms with Crippen molar-refractivity contribution in [2.75, 3.05) is 13.2 Å². The van der Waals surface area contributed by atoms with E-state index in [1.165, 1.54) is 19.1 Å². The first-order chi connectivity index (χ1) is 15.8. The van der Waals surface area contributed by atoms with Crippen molar-refractivity contribution in [1.29, 1.82) is 0 Å². The molecule has 0 aliphatic heterocycles. The van der Waals surface area contributed by atoms with E-state index in [1.807, 2.05) is 0 Å². The van der Waals surface area contributed by atoms with Gasteiger partial charge in [0.15, 0.2) is 5.92 Å². The quantitative estimate of drug-likeness (QED) is 0.256. The molecule has 34 heavy (non-hydrogen) atoms. The summed E-state index contributed by atoms with van der Waals surface area (Å²) in [6.45, 7) is 3.12. The molecule has 0 spiro atoms. The molecule has 5 nitrogen and oxygen atoms in total. The van der Waals surface area contributed by atoms with Gasteiger partial charge in [-0.25, -0.2) is 8.78 Å². The number of ketones is 1. The molecule has 0 aliphatic rings. The fourth-order valence-corrected chi connectivity index (χ4v) is 2.85. The highest BCUT2D eigenvalue weighted by Crippen LogP contribution is 2.31. The third-order valence-electron chi connectivity index (χ3n) is 3.99. The summed E-state index contributed by atoms with van der Waals surface area (Å²) < 4.78 is 73.4. The van der Waals surface area contributed by atoms with Crippen LogP contribution in [0.15, 0.2) is 36.4 Å². The second kappa shape index (κ2) is 13.2. The van der Waals surface area contributed by atoms with Gasteiger partial charge in [0, 0.05) is 15.6 Å². The fourth-order valence-electron chi connectivity index (χ4n) is 2.53. The number of alkyl halides is 3. The van der Waals surface area contributed by atoms with Gasteiger partial charge in [-0.1, -0.05) is 35.3 Å². The van der Waals surface area contributed by atoms with Gasteiger partial charge < -0.3 is 9.47 Å². The van der Waals surface area contributed by atoms with Crippen LogP contribution in [-0.4, -0.2) is 37.1 Å². The number of carbonyl (C=O) groups is 3. The number of hydrogen-bond donors (Lipinski definition) is 0. The lowest BCUT2D eigenvalue weighted by Crippen LogP contribution is -2.35. The number of esters is 2. The standard InChI is InChI=1S/C12H9ClF4O3.C10H10ClFO2/c1-2-20-11(19)9(10(18)12(15,16)17)7-4-3-6(13)5-8(7)14;1-2-14-10(13)5-7-3-4-8(11)6-9(7)12/h3-5,9H,2H2,1H3;3-4,6H,2,5H2,1H3. The summed E-state index contributed by atoms with van der Waals surface area (Å²) in [4.78, 5) is 33.8. The first kappa shape index (κ1) is 29.3. The highest BCUT2D eigenvalue weighted by atomic mass is 35.5. The third-order valence-corrected chi connectivity index (χ3v) is 4.46. The second-order valence-electron chi connectivity index (χ2n) is 6.43. The predicted molar refractivity (Wildman–Crippen MR) is 114 cm³/mol. The van der Waals surface area contributed by atoms with Crippen molar-refractivity contribution < 1.29 is 45.8 Å². The van der Waals surface area contributed by atoms with Gasteiger partial charge in [0.05, 0.1) is 19.6 Å². The van der Waals surface area contributed by atoms with Crippen LogP contribution in [0.1, 0.15) is 30.9 Å². The first-order valence-electron chi connectivity index (χ1n) is 9.63. The van der Waals surface area contributed by atoms with Crippen molar-refractivity contribution in [2.45, 2.75) is 32.4 Å². The number of ether oxygens (including phenoxy) is 2. The monoisotopic (exact) mass is 528 g/mol. The molecular formula is C22H19Cl2F5O5. The average molecular weight is 529 g/mol. The van der Waals surface area contributed by atoms with Gasteiger partial charge in [-0.2, -0.15) is 13.2 Å². The smallest absolute Gasteiger partial charge is 0.451 e. The molecule has 186 valence electrons. The molecule has 1 unspecified atom stereocenters. The zero-order valence-corrected chi connectivity index (χ0v) is 19.4. The lowest BCUT2D eigenvalue weighted by molar-refractivity contribution is -0.177. The fraction of sp³-hybridized carbons (Fsp3) is 0.318. The summed E-state index contributed by atoms with van der Waals surface area (Å²) in [6.07, 6.45) is -5.35. The van der Waals surface area contributed by atoms with Crippen LogP contribution >= 0.6 is 23.2 Å². The molecule has 0 N–H and O–H groups in total. The van der Waals surface area contributed by atoms with E-state index in [0.717, 1.165) is 12.1 Å². The Hall–Kier alpha value is -2.72. The Morgan fingerprint density at radius 3 is 1.88 bits per heavy atom. The maximum Gasteiger partial charge on any atom is 0.451 e. The molecule has 2 aromatic carbocycles. The molecule has 0 saturated heterocycles. The topological polar surface area (TPSA) is 69.7 Å². The van der Waals surface area contributed by atoms with Gasteiger partial charge >= 0.3 is 18.1 Å². The Morgan fingerprint density at radius 1 is 0.882 bits per heavy atom. The van der Waals surface area contributed by atoms with Crippen LogP contribution in [0.2, 0.25) is 10.0 Å². The van der Waals surface area contributed by atoms with Crippen LogP contribution in [-0.2, 0) is 30.3 Å². The SMILES string of the molecule is CCOC(=O)C(C(=O)C(F)(F)F)c1ccc(Cl)cc1F.CCOC(=O)Cc1ccc(Cl)cc1F. The number of benzene rings is 2. The first-order valence-corrected chi connectivity index (χ1v) is 10.4. The highest BCUT2D eigenvalue weighted by molar-refractivity contribution is 6.30. The van der Waals surface area contributed by atoms with E-state index in [0.29, 0.717) is 23.3 Å². The minimum atomic E-state index is -5.29. The maximum atomic E-state index is 13.6. The van der Waals surface area contributed by atoms with E-state index >= 15 is 0 Å². The van der Waals surface area contributed by atoms with Crippen LogP contribution < -0.4 is 0 Å². The molecule has 0 aliphatic carbocycles. The minimum Gasteiger partial charge on any atom is -0.466 e. The second-order valence-corrected chi connectivity index (χ2v) is 7.30. The molecule has 2 rings (SSSR count).